The van der Waals surface area contributed by atoms with E-state index in [4.69, 9.17) is 5.73 Å². The number of nitrogens with two attached hydrogens (primary N) is 1. The molecule has 0 bridgehead atoms. The van der Waals surface area contributed by atoms with Crippen molar-refractivity contribution in [3.05, 3.63) is 0 Å². The molecular weight excluding hydrogens is 254 g/mol. The highest BCUT2D eigenvalue weighted by atomic mass is 35.5. The fourth-order valence-corrected chi connectivity index (χ4v) is 2.10. The molecule has 0 aromatic carbocycles. The van der Waals surface area contributed by atoms with Gasteiger partial charge in [0.2, 0.25) is 11.8 Å². The normalized spacial score (nSPS) is 16.7. The predicted molar refractivity (Wildman–Crippen MR) is 73.5 cm³/mol. The lowest BCUT2D eigenvalue weighted by molar-refractivity contribution is -0.133. The van der Waals surface area contributed by atoms with Gasteiger partial charge in [0.25, 0.3) is 0 Å². The highest BCUT2D eigenvalue weighted by Crippen LogP contribution is 2.09. The van der Waals surface area contributed by atoms with E-state index in [0.717, 1.165) is 12.8 Å². The molecule has 1 heterocycles. The number of nitrogens with one attached hydrogen (secondary N) is 1. The zero-order valence-electron chi connectivity index (χ0n) is 11.1. The van der Waals surface area contributed by atoms with Crippen LogP contribution in [0.4, 0.5) is 0 Å². The number of likely N-dealkylation sites (tertiary alicyclic amines) is 1. The molecule has 1 atom stereocenters. The summed E-state index contributed by atoms with van der Waals surface area (Å²) in [5.74, 6) is 0.474. The number of rotatable bonds is 6. The van der Waals surface area contributed by atoms with Crippen molar-refractivity contribution in [2.45, 2.75) is 39.2 Å². The van der Waals surface area contributed by atoms with Crippen molar-refractivity contribution in [2.24, 2.45) is 11.7 Å². The molecule has 18 heavy (non-hydrogen) atoms. The molecule has 3 N–H and O–H groups in total. The quantitative estimate of drug-likeness (QED) is 0.743. The summed E-state index contributed by atoms with van der Waals surface area (Å²) in [7, 11) is 0. The lowest BCUT2D eigenvalue weighted by atomic mass is 10.0. The van der Waals surface area contributed by atoms with Crippen LogP contribution in [0.25, 0.3) is 0 Å². The van der Waals surface area contributed by atoms with E-state index in [9.17, 15) is 9.59 Å². The van der Waals surface area contributed by atoms with Gasteiger partial charge in [0.15, 0.2) is 0 Å². The second kappa shape index (κ2) is 8.32. The van der Waals surface area contributed by atoms with Crippen molar-refractivity contribution in [1.29, 1.82) is 0 Å². The molecule has 1 aliphatic heterocycles. The van der Waals surface area contributed by atoms with Gasteiger partial charge in [0.1, 0.15) is 0 Å². The molecule has 5 nitrogen and oxygen atoms in total. The lowest BCUT2D eigenvalue weighted by Crippen LogP contribution is -2.45. The molecule has 1 saturated heterocycles. The number of carbonyl (C=O) groups excluding carboxylic acids is 2. The van der Waals surface area contributed by atoms with Crippen LogP contribution < -0.4 is 11.1 Å². The molecule has 2 amide bonds. The molecule has 0 spiro atoms. The van der Waals surface area contributed by atoms with Gasteiger partial charge in [-0.25, -0.2) is 0 Å². The largest absolute Gasteiger partial charge is 0.351 e. The number of hydrogen-bond acceptors (Lipinski definition) is 3. The van der Waals surface area contributed by atoms with E-state index < -0.39 is 0 Å². The minimum absolute atomic E-state index is 0. The fourth-order valence-electron chi connectivity index (χ4n) is 2.10. The van der Waals surface area contributed by atoms with Gasteiger partial charge in [-0.05, 0) is 18.8 Å². The van der Waals surface area contributed by atoms with Crippen LogP contribution in [0.1, 0.15) is 33.1 Å². The molecule has 1 rings (SSSR count). The van der Waals surface area contributed by atoms with E-state index in [2.05, 4.69) is 19.2 Å². The molecule has 0 saturated carbocycles. The highest BCUT2D eigenvalue weighted by molar-refractivity contribution is 5.86. The number of amides is 2. The zero-order chi connectivity index (χ0) is 12.8. The Morgan fingerprint density at radius 3 is 2.61 bits per heavy atom. The predicted octanol–water partition coefficient (Wildman–Crippen LogP) is 0.520. The molecule has 0 aliphatic carbocycles. The number of hydrogen-bond donors (Lipinski definition) is 2. The van der Waals surface area contributed by atoms with Gasteiger partial charge in [-0.3, -0.25) is 9.59 Å². The summed E-state index contributed by atoms with van der Waals surface area (Å²) in [4.78, 5) is 24.7. The first-order valence-electron chi connectivity index (χ1n) is 6.30. The van der Waals surface area contributed by atoms with Crippen LogP contribution in [0.5, 0.6) is 0 Å². The summed E-state index contributed by atoms with van der Waals surface area (Å²) >= 11 is 0. The topological polar surface area (TPSA) is 75.4 Å². The van der Waals surface area contributed by atoms with Crippen LogP contribution in [0.2, 0.25) is 0 Å². The Morgan fingerprint density at radius 1 is 1.50 bits per heavy atom. The van der Waals surface area contributed by atoms with Gasteiger partial charge in [-0.1, -0.05) is 13.8 Å². The monoisotopic (exact) mass is 277 g/mol. The van der Waals surface area contributed by atoms with Gasteiger partial charge in [-0.15, -0.1) is 12.4 Å². The van der Waals surface area contributed by atoms with E-state index in [1.54, 1.807) is 4.90 Å². The average molecular weight is 278 g/mol. The summed E-state index contributed by atoms with van der Waals surface area (Å²) in [6, 6.07) is 0.0141. The maximum Gasteiger partial charge on any atom is 0.239 e. The van der Waals surface area contributed by atoms with Crippen LogP contribution >= 0.6 is 12.4 Å². The average Bonchev–Trinajstić information content (AvgIpc) is 2.62. The Morgan fingerprint density at radius 2 is 2.17 bits per heavy atom. The summed E-state index contributed by atoms with van der Waals surface area (Å²) in [5, 5.41) is 2.89. The molecule has 1 unspecified atom stereocenters. The van der Waals surface area contributed by atoms with Gasteiger partial charge in [0.05, 0.1) is 6.54 Å². The first kappa shape index (κ1) is 17.2. The maximum atomic E-state index is 11.7. The van der Waals surface area contributed by atoms with Crippen LogP contribution in [-0.4, -0.2) is 42.4 Å². The van der Waals surface area contributed by atoms with Gasteiger partial charge in [0, 0.05) is 25.6 Å². The molecular formula is C12H24ClN3O2. The first-order chi connectivity index (χ1) is 8.02. The Labute approximate surface area is 115 Å². The zero-order valence-corrected chi connectivity index (χ0v) is 12.0. The molecule has 1 fully saturated rings. The van der Waals surface area contributed by atoms with Crippen LogP contribution in [-0.2, 0) is 9.59 Å². The van der Waals surface area contributed by atoms with E-state index >= 15 is 0 Å². The third-order valence-corrected chi connectivity index (χ3v) is 2.91. The van der Waals surface area contributed by atoms with Crippen LogP contribution in [0, 0.1) is 5.92 Å². The van der Waals surface area contributed by atoms with Crippen molar-refractivity contribution < 1.29 is 9.59 Å². The summed E-state index contributed by atoms with van der Waals surface area (Å²) in [5.41, 5.74) is 5.61. The second-order valence-electron chi connectivity index (χ2n) is 5.05. The Bertz CT molecular complexity index is 284. The van der Waals surface area contributed by atoms with E-state index in [1.807, 2.05) is 0 Å². The van der Waals surface area contributed by atoms with Gasteiger partial charge < -0.3 is 16.0 Å². The minimum atomic E-state index is -0.101. The van der Waals surface area contributed by atoms with Crippen molar-refractivity contribution in [1.82, 2.24) is 10.2 Å². The van der Waals surface area contributed by atoms with Gasteiger partial charge in [-0.2, -0.15) is 0 Å². The summed E-state index contributed by atoms with van der Waals surface area (Å²) in [6.45, 7) is 5.51. The molecule has 0 aromatic heterocycles. The van der Waals surface area contributed by atoms with E-state index in [0.29, 0.717) is 25.4 Å². The number of halogens is 1. The smallest absolute Gasteiger partial charge is 0.239 e. The maximum absolute atomic E-state index is 11.7. The Hall–Kier alpha value is -0.810. The molecule has 0 radical (unpaired) electrons. The lowest BCUT2D eigenvalue weighted by Gasteiger charge is -2.21. The standard InChI is InChI=1S/C12H23N3O2.ClH/c1-9(2)6-10(7-13)14-11(16)8-15-5-3-4-12(15)17;/h9-10H,3-8,13H2,1-2H3,(H,14,16);1H. The van der Waals surface area contributed by atoms with Crippen LogP contribution in [0.3, 0.4) is 0 Å². The molecule has 0 aromatic rings. The first-order valence-corrected chi connectivity index (χ1v) is 6.30. The molecule has 6 heteroatoms. The summed E-state index contributed by atoms with van der Waals surface area (Å²) in [6.07, 6.45) is 2.30. The SMILES string of the molecule is CC(C)CC(CN)NC(=O)CN1CCCC1=O.Cl. The number of nitrogens with zero attached hydrogens (tertiary/aromatic N) is 1. The second-order valence-corrected chi connectivity index (χ2v) is 5.05. The molecule has 106 valence electrons. The van der Waals surface area contributed by atoms with Gasteiger partial charge >= 0.3 is 0 Å². The van der Waals surface area contributed by atoms with E-state index in [1.165, 1.54) is 0 Å². The number of carbonyl (C=O) groups is 2. The molecule has 1 aliphatic rings. The van der Waals surface area contributed by atoms with Crippen molar-refractivity contribution in [2.75, 3.05) is 19.6 Å². The fraction of sp³-hybridized carbons (Fsp3) is 0.833. The van der Waals surface area contributed by atoms with E-state index in [-0.39, 0.29) is 36.8 Å². The van der Waals surface area contributed by atoms with Crippen molar-refractivity contribution in [3.8, 4) is 0 Å². The third kappa shape index (κ3) is 5.69. The summed E-state index contributed by atoms with van der Waals surface area (Å²) < 4.78 is 0. The third-order valence-electron chi connectivity index (χ3n) is 2.91. The highest BCUT2D eigenvalue weighted by Gasteiger charge is 2.23. The van der Waals surface area contributed by atoms with Crippen molar-refractivity contribution in [3.63, 3.8) is 0 Å². The van der Waals surface area contributed by atoms with Crippen molar-refractivity contribution >= 4 is 24.2 Å². The Kier molecular flexibility index (Phi) is 7.95. The Balaban J connectivity index is 0.00000289. The van der Waals surface area contributed by atoms with Crippen LogP contribution in [0.15, 0.2) is 0 Å². The minimum Gasteiger partial charge on any atom is -0.351 e.